The van der Waals surface area contributed by atoms with Crippen LogP contribution in [0.25, 0.3) is 33.6 Å². The number of rotatable bonds is 2. The minimum Gasteiger partial charge on any atom is -0.459 e. The Labute approximate surface area is 132 Å². The molecule has 6 nitrogen and oxygen atoms in total. The first kappa shape index (κ1) is 13.8. The number of hydrogen-bond donors (Lipinski definition) is 0. The summed E-state index contributed by atoms with van der Waals surface area (Å²) in [5.74, 6) is 1.60. The molecule has 0 aromatic carbocycles. The zero-order valence-corrected chi connectivity index (χ0v) is 13.4. The molecule has 4 aromatic heterocycles. The third-order valence-corrected chi connectivity index (χ3v) is 3.98. The van der Waals surface area contributed by atoms with Crippen molar-refractivity contribution < 1.29 is 8.94 Å². The molecule has 0 fully saturated rings. The lowest BCUT2D eigenvalue weighted by atomic mass is 10.1. The Bertz CT molecular complexity index is 1000. The van der Waals surface area contributed by atoms with Crippen LogP contribution in [-0.4, -0.2) is 19.9 Å². The number of aromatic nitrogens is 4. The lowest BCUT2D eigenvalue weighted by Crippen LogP contribution is -1.97. The van der Waals surface area contributed by atoms with Gasteiger partial charge in [0.25, 0.3) is 0 Å². The molecule has 0 spiro atoms. The molecule has 0 saturated heterocycles. The molecule has 4 heterocycles. The third kappa shape index (κ3) is 2.06. The van der Waals surface area contributed by atoms with Crippen LogP contribution < -0.4 is 0 Å². The minimum atomic E-state index is 0.755. The molecule has 4 rings (SSSR count). The quantitative estimate of drug-likeness (QED) is 0.563. The first-order chi connectivity index (χ1) is 11.0. The van der Waals surface area contributed by atoms with Gasteiger partial charge in [0.1, 0.15) is 17.2 Å². The second kappa shape index (κ2) is 4.81. The van der Waals surface area contributed by atoms with E-state index in [1.807, 2.05) is 46.0 Å². The highest BCUT2D eigenvalue weighted by Gasteiger charge is 2.19. The SMILES string of the molecule is Cc1cc2cc(-c3c(C)noc3C)nc(-c3ccnn3C)c2o1. The first-order valence-corrected chi connectivity index (χ1v) is 7.37. The Morgan fingerprint density at radius 2 is 1.96 bits per heavy atom. The van der Waals surface area contributed by atoms with Crippen molar-refractivity contribution in [1.82, 2.24) is 19.9 Å². The summed E-state index contributed by atoms with van der Waals surface area (Å²) in [4.78, 5) is 4.83. The number of nitrogens with zero attached hydrogens (tertiary/aromatic N) is 4. The monoisotopic (exact) mass is 308 g/mol. The number of fused-ring (bicyclic) bond motifs is 1. The Balaban J connectivity index is 2.07. The Hall–Kier alpha value is -2.89. The van der Waals surface area contributed by atoms with Gasteiger partial charge in [-0.15, -0.1) is 0 Å². The standard InChI is InChI=1S/C17H16N4O2/c1-9-7-12-8-13(15-10(2)20-23-11(15)3)19-16(17(12)22-9)14-5-6-18-21(14)4/h5-8H,1-4H3. The van der Waals surface area contributed by atoms with Crippen molar-refractivity contribution >= 4 is 11.0 Å². The number of aryl methyl sites for hydroxylation is 4. The summed E-state index contributed by atoms with van der Waals surface area (Å²) in [6.45, 7) is 5.75. The molecule has 0 saturated carbocycles. The Morgan fingerprint density at radius 1 is 1.13 bits per heavy atom. The van der Waals surface area contributed by atoms with Gasteiger partial charge in [-0.2, -0.15) is 5.10 Å². The summed E-state index contributed by atoms with van der Waals surface area (Å²) >= 11 is 0. The summed E-state index contributed by atoms with van der Waals surface area (Å²) in [6, 6.07) is 5.95. The van der Waals surface area contributed by atoms with Gasteiger partial charge in [-0.3, -0.25) is 4.68 Å². The highest BCUT2D eigenvalue weighted by Crippen LogP contribution is 2.34. The van der Waals surface area contributed by atoms with Crippen LogP contribution in [0.1, 0.15) is 17.2 Å². The predicted octanol–water partition coefficient (Wildman–Crippen LogP) is 3.81. The fourth-order valence-corrected chi connectivity index (χ4v) is 2.93. The van der Waals surface area contributed by atoms with Gasteiger partial charge in [-0.1, -0.05) is 5.16 Å². The number of hydrogen-bond acceptors (Lipinski definition) is 5. The summed E-state index contributed by atoms with van der Waals surface area (Å²) in [5, 5.41) is 9.27. The maximum Gasteiger partial charge on any atom is 0.162 e. The molecule has 4 aromatic rings. The minimum absolute atomic E-state index is 0.755. The fraction of sp³-hybridized carbons (Fsp3) is 0.235. The fourth-order valence-electron chi connectivity index (χ4n) is 2.93. The van der Waals surface area contributed by atoms with Crippen LogP contribution in [0.5, 0.6) is 0 Å². The van der Waals surface area contributed by atoms with Gasteiger partial charge in [-0.25, -0.2) is 4.98 Å². The van der Waals surface area contributed by atoms with E-state index in [1.54, 1.807) is 10.9 Å². The van der Waals surface area contributed by atoms with E-state index in [-0.39, 0.29) is 0 Å². The Kier molecular flexibility index (Phi) is 2.87. The highest BCUT2D eigenvalue weighted by molar-refractivity contribution is 5.93. The van der Waals surface area contributed by atoms with E-state index in [0.717, 1.165) is 50.8 Å². The van der Waals surface area contributed by atoms with Gasteiger partial charge in [0.05, 0.1) is 22.6 Å². The molecule has 0 aliphatic carbocycles. The summed E-state index contributed by atoms with van der Waals surface area (Å²) < 4.78 is 12.9. The normalized spacial score (nSPS) is 11.5. The zero-order valence-electron chi connectivity index (χ0n) is 13.4. The highest BCUT2D eigenvalue weighted by atomic mass is 16.5. The smallest absolute Gasteiger partial charge is 0.162 e. The van der Waals surface area contributed by atoms with Crippen LogP contribution in [0.15, 0.2) is 33.3 Å². The zero-order chi connectivity index (χ0) is 16.1. The van der Waals surface area contributed by atoms with Crippen molar-refractivity contribution in [1.29, 1.82) is 0 Å². The molecule has 0 unspecified atom stereocenters. The van der Waals surface area contributed by atoms with Crippen molar-refractivity contribution in [2.24, 2.45) is 7.05 Å². The number of pyridine rings is 1. The molecule has 0 aliphatic rings. The molecule has 0 amide bonds. The topological polar surface area (TPSA) is 69.9 Å². The van der Waals surface area contributed by atoms with Gasteiger partial charge in [0.15, 0.2) is 5.58 Å². The molecule has 0 radical (unpaired) electrons. The van der Waals surface area contributed by atoms with Gasteiger partial charge in [0.2, 0.25) is 0 Å². The summed E-state index contributed by atoms with van der Waals surface area (Å²) in [5.41, 5.74) is 5.01. The van der Waals surface area contributed by atoms with E-state index < -0.39 is 0 Å². The van der Waals surface area contributed by atoms with Gasteiger partial charge in [-0.05, 0) is 39.0 Å². The van der Waals surface area contributed by atoms with Crippen molar-refractivity contribution in [2.45, 2.75) is 20.8 Å². The van der Waals surface area contributed by atoms with Crippen LogP contribution in [-0.2, 0) is 7.05 Å². The van der Waals surface area contributed by atoms with Crippen LogP contribution in [0.4, 0.5) is 0 Å². The lowest BCUT2D eigenvalue weighted by Gasteiger charge is -2.06. The summed E-state index contributed by atoms with van der Waals surface area (Å²) in [7, 11) is 1.89. The second-order valence-electron chi connectivity index (χ2n) is 5.67. The maximum absolute atomic E-state index is 5.87. The van der Waals surface area contributed by atoms with Crippen molar-refractivity contribution in [3.05, 3.63) is 41.6 Å². The Morgan fingerprint density at radius 3 is 2.61 bits per heavy atom. The molecular formula is C17H16N4O2. The average molecular weight is 308 g/mol. The molecule has 23 heavy (non-hydrogen) atoms. The lowest BCUT2D eigenvalue weighted by molar-refractivity contribution is 0.393. The van der Waals surface area contributed by atoms with Crippen molar-refractivity contribution in [3.8, 4) is 22.6 Å². The van der Waals surface area contributed by atoms with Crippen LogP contribution in [0.3, 0.4) is 0 Å². The van der Waals surface area contributed by atoms with Crippen LogP contribution in [0.2, 0.25) is 0 Å². The van der Waals surface area contributed by atoms with E-state index in [0.29, 0.717) is 0 Å². The first-order valence-electron chi connectivity index (χ1n) is 7.37. The summed E-state index contributed by atoms with van der Waals surface area (Å²) in [6.07, 6.45) is 1.75. The third-order valence-electron chi connectivity index (χ3n) is 3.98. The van der Waals surface area contributed by atoms with E-state index in [9.17, 15) is 0 Å². The predicted molar refractivity (Wildman–Crippen MR) is 85.9 cm³/mol. The van der Waals surface area contributed by atoms with Gasteiger partial charge in [0, 0.05) is 18.6 Å². The van der Waals surface area contributed by atoms with Crippen LogP contribution >= 0.6 is 0 Å². The van der Waals surface area contributed by atoms with E-state index >= 15 is 0 Å². The average Bonchev–Trinajstić information content (AvgIpc) is 3.17. The molecule has 0 bridgehead atoms. The van der Waals surface area contributed by atoms with Crippen molar-refractivity contribution in [2.75, 3.05) is 0 Å². The molecule has 0 aliphatic heterocycles. The van der Waals surface area contributed by atoms with E-state index in [1.165, 1.54) is 0 Å². The maximum atomic E-state index is 5.87. The van der Waals surface area contributed by atoms with Crippen LogP contribution in [0, 0.1) is 20.8 Å². The van der Waals surface area contributed by atoms with Gasteiger partial charge < -0.3 is 8.94 Å². The van der Waals surface area contributed by atoms with E-state index in [4.69, 9.17) is 13.9 Å². The van der Waals surface area contributed by atoms with Gasteiger partial charge >= 0.3 is 0 Å². The molecule has 0 N–H and O–H groups in total. The number of furan rings is 1. The van der Waals surface area contributed by atoms with E-state index in [2.05, 4.69) is 10.3 Å². The second-order valence-corrected chi connectivity index (χ2v) is 5.67. The molecule has 0 atom stereocenters. The molecular weight excluding hydrogens is 292 g/mol. The molecule has 116 valence electrons. The largest absolute Gasteiger partial charge is 0.459 e. The molecule has 6 heteroatoms. The van der Waals surface area contributed by atoms with Crippen molar-refractivity contribution in [3.63, 3.8) is 0 Å².